The molecule has 0 amide bonds. The molecule has 1 aromatic carbocycles. The van der Waals surface area contributed by atoms with Crippen LogP contribution < -0.4 is 5.32 Å². The molecule has 20 heavy (non-hydrogen) atoms. The van der Waals surface area contributed by atoms with Gasteiger partial charge in [0.2, 0.25) is 0 Å². The molecule has 1 nitrogen and oxygen atoms in total. The van der Waals surface area contributed by atoms with Gasteiger partial charge in [-0.15, -0.1) is 0 Å². The van der Waals surface area contributed by atoms with Crippen LogP contribution in [0.3, 0.4) is 0 Å². The maximum Gasteiger partial charge on any atom is 0.123 e. The third-order valence-corrected chi connectivity index (χ3v) is 5.45. The van der Waals surface area contributed by atoms with E-state index in [4.69, 9.17) is 0 Å². The zero-order valence-electron chi connectivity index (χ0n) is 13.2. The fourth-order valence-electron chi connectivity index (χ4n) is 4.44. The highest BCUT2D eigenvalue weighted by Gasteiger charge is 2.57. The van der Waals surface area contributed by atoms with E-state index in [-0.39, 0.29) is 5.82 Å². The summed E-state index contributed by atoms with van der Waals surface area (Å²) in [4.78, 5) is 0. The van der Waals surface area contributed by atoms with Gasteiger partial charge in [-0.1, -0.05) is 39.8 Å². The minimum Gasteiger partial charge on any atom is -0.313 e. The van der Waals surface area contributed by atoms with Crippen molar-refractivity contribution in [1.82, 2.24) is 5.32 Å². The molecule has 0 radical (unpaired) electrons. The second-order valence-corrected chi connectivity index (χ2v) is 6.26. The van der Waals surface area contributed by atoms with E-state index in [2.05, 4.69) is 33.0 Å². The van der Waals surface area contributed by atoms with Crippen molar-refractivity contribution in [3.8, 4) is 0 Å². The standard InChI is InChI=1S/C18H28FN/c1-5-12-20-17-13(4)16(18(17,6-2)7-3)14-8-10-15(19)11-9-14/h8-11,13,16-17,20H,5-7,12H2,1-4H3. The fraction of sp³-hybridized carbons (Fsp3) is 0.667. The van der Waals surface area contributed by atoms with Gasteiger partial charge in [0.1, 0.15) is 5.82 Å². The Bertz CT molecular complexity index is 422. The number of rotatable bonds is 6. The first kappa shape index (κ1) is 15.5. The Morgan fingerprint density at radius 1 is 1.10 bits per heavy atom. The maximum atomic E-state index is 13.2. The lowest BCUT2D eigenvalue weighted by Gasteiger charge is -2.61. The lowest BCUT2D eigenvalue weighted by atomic mass is 9.46. The van der Waals surface area contributed by atoms with Crippen LogP contribution >= 0.6 is 0 Å². The summed E-state index contributed by atoms with van der Waals surface area (Å²) in [6.07, 6.45) is 3.53. The average Bonchev–Trinajstić information content (AvgIpc) is 2.46. The zero-order valence-corrected chi connectivity index (χ0v) is 13.2. The van der Waals surface area contributed by atoms with Crippen LogP contribution in [0.2, 0.25) is 0 Å². The van der Waals surface area contributed by atoms with E-state index < -0.39 is 0 Å². The minimum absolute atomic E-state index is 0.139. The van der Waals surface area contributed by atoms with Gasteiger partial charge in [0.05, 0.1) is 0 Å². The Morgan fingerprint density at radius 3 is 2.20 bits per heavy atom. The van der Waals surface area contributed by atoms with E-state index in [0.29, 0.717) is 23.3 Å². The van der Waals surface area contributed by atoms with Gasteiger partial charge in [-0.05, 0) is 60.8 Å². The molecular weight excluding hydrogens is 249 g/mol. The molecule has 2 heteroatoms. The first-order valence-electron chi connectivity index (χ1n) is 8.09. The van der Waals surface area contributed by atoms with Crippen LogP contribution in [0.1, 0.15) is 58.4 Å². The number of nitrogens with one attached hydrogen (secondary N) is 1. The summed E-state index contributed by atoms with van der Waals surface area (Å²) in [5, 5.41) is 3.75. The predicted molar refractivity (Wildman–Crippen MR) is 83.4 cm³/mol. The van der Waals surface area contributed by atoms with Crippen LogP contribution in [0.4, 0.5) is 4.39 Å². The van der Waals surface area contributed by atoms with Crippen LogP contribution in [0.25, 0.3) is 0 Å². The maximum absolute atomic E-state index is 13.2. The van der Waals surface area contributed by atoms with Gasteiger partial charge in [0.15, 0.2) is 0 Å². The Kier molecular flexibility index (Phi) is 4.85. The molecule has 1 aromatic rings. The second kappa shape index (κ2) is 6.26. The van der Waals surface area contributed by atoms with Gasteiger partial charge in [0, 0.05) is 6.04 Å². The first-order valence-corrected chi connectivity index (χ1v) is 8.09. The number of halogens is 1. The van der Waals surface area contributed by atoms with Gasteiger partial charge in [0.25, 0.3) is 0 Å². The Hall–Kier alpha value is -0.890. The molecule has 3 unspecified atom stereocenters. The van der Waals surface area contributed by atoms with Crippen molar-refractivity contribution in [2.24, 2.45) is 11.3 Å². The Labute approximate surface area is 123 Å². The lowest BCUT2D eigenvalue weighted by molar-refractivity contribution is -0.0393. The molecule has 3 atom stereocenters. The molecule has 112 valence electrons. The van der Waals surface area contributed by atoms with Gasteiger partial charge < -0.3 is 5.32 Å². The van der Waals surface area contributed by atoms with E-state index in [1.165, 1.54) is 24.8 Å². The number of hydrogen-bond donors (Lipinski definition) is 1. The van der Waals surface area contributed by atoms with E-state index in [0.717, 1.165) is 6.54 Å². The Balaban J connectivity index is 2.26. The van der Waals surface area contributed by atoms with Gasteiger partial charge in [-0.3, -0.25) is 0 Å². The summed E-state index contributed by atoms with van der Waals surface area (Å²) < 4.78 is 13.2. The molecule has 0 aliphatic heterocycles. The zero-order chi connectivity index (χ0) is 14.8. The van der Waals surface area contributed by atoms with Crippen LogP contribution in [-0.2, 0) is 0 Å². The van der Waals surface area contributed by atoms with Crippen molar-refractivity contribution in [1.29, 1.82) is 0 Å². The van der Waals surface area contributed by atoms with E-state index in [1.807, 2.05) is 12.1 Å². The van der Waals surface area contributed by atoms with Gasteiger partial charge in [-0.25, -0.2) is 4.39 Å². The van der Waals surface area contributed by atoms with Crippen molar-refractivity contribution >= 4 is 0 Å². The minimum atomic E-state index is -0.139. The molecule has 0 bridgehead atoms. The summed E-state index contributed by atoms with van der Waals surface area (Å²) in [7, 11) is 0. The molecule has 1 saturated carbocycles. The quantitative estimate of drug-likeness (QED) is 0.792. The molecule has 1 N–H and O–H groups in total. The smallest absolute Gasteiger partial charge is 0.123 e. The van der Waals surface area contributed by atoms with E-state index >= 15 is 0 Å². The monoisotopic (exact) mass is 277 g/mol. The van der Waals surface area contributed by atoms with Gasteiger partial charge >= 0.3 is 0 Å². The normalized spacial score (nSPS) is 28.1. The summed E-state index contributed by atoms with van der Waals surface area (Å²) in [5.74, 6) is 1.03. The molecule has 2 rings (SSSR count). The first-order chi connectivity index (χ1) is 9.60. The SMILES string of the molecule is CCCNC1C(C)C(c2ccc(F)cc2)C1(CC)CC. The van der Waals surface area contributed by atoms with E-state index in [1.54, 1.807) is 12.1 Å². The largest absolute Gasteiger partial charge is 0.313 e. The molecule has 1 aliphatic carbocycles. The van der Waals surface area contributed by atoms with Crippen molar-refractivity contribution in [2.75, 3.05) is 6.54 Å². The summed E-state index contributed by atoms with van der Waals surface area (Å²) in [6, 6.07) is 7.75. The van der Waals surface area contributed by atoms with Crippen molar-refractivity contribution < 1.29 is 4.39 Å². The summed E-state index contributed by atoms with van der Waals surface area (Å²) in [5.41, 5.74) is 1.63. The van der Waals surface area contributed by atoms with Crippen LogP contribution in [0.15, 0.2) is 24.3 Å². The van der Waals surface area contributed by atoms with E-state index in [9.17, 15) is 4.39 Å². The predicted octanol–water partition coefficient (Wildman–Crippen LogP) is 4.73. The van der Waals surface area contributed by atoms with Gasteiger partial charge in [-0.2, -0.15) is 0 Å². The molecule has 0 saturated heterocycles. The van der Waals surface area contributed by atoms with Crippen molar-refractivity contribution in [3.05, 3.63) is 35.6 Å². The summed E-state index contributed by atoms with van der Waals surface area (Å²) in [6.45, 7) is 10.2. The van der Waals surface area contributed by atoms with Crippen LogP contribution in [-0.4, -0.2) is 12.6 Å². The number of hydrogen-bond acceptors (Lipinski definition) is 1. The molecule has 1 fully saturated rings. The number of benzene rings is 1. The van der Waals surface area contributed by atoms with Crippen LogP contribution in [0.5, 0.6) is 0 Å². The third kappa shape index (κ3) is 2.39. The average molecular weight is 277 g/mol. The molecule has 0 spiro atoms. The van der Waals surface area contributed by atoms with Crippen molar-refractivity contribution in [3.63, 3.8) is 0 Å². The van der Waals surface area contributed by atoms with Crippen molar-refractivity contribution in [2.45, 2.75) is 58.9 Å². The fourth-order valence-corrected chi connectivity index (χ4v) is 4.44. The highest BCUT2D eigenvalue weighted by Crippen LogP contribution is 2.60. The topological polar surface area (TPSA) is 12.0 Å². The van der Waals surface area contributed by atoms with Crippen LogP contribution in [0, 0.1) is 17.2 Å². The molecular formula is C18H28FN. The highest BCUT2D eigenvalue weighted by molar-refractivity contribution is 5.30. The second-order valence-electron chi connectivity index (χ2n) is 6.26. The third-order valence-electron chi connectivity index (χ3n) is 5.45. The molecule has 0 heterocycles. The molecule has 1 aliphatic rings. The Morgan fingerprint density at radius 2 is 1.70 bits per heavy atom. The lowest BCUT2D eigenvalue weighted by Crippen LogP contribution is -2.64. The highest BCUT2D eigenvalue weighted by atomic mass is 19.1. The summed E-state index contributed by atoms with van der Waals surface area (Å²) >= 11 is 0. The molecule has 0 aromatic heterocycles.